The standard InChI is InChI=1S/C13H16N4O2/c1-8-12(9(2)17(3)15-8)19-11-7-5-4-6-10(11)13(14)16-18/h4-7,18H,1-3H3,(H2,14,16). The van der Waals surface area contributed by atoms with Crippen molar-refractivity contribution in [1.82, 2.24) is 9.78 Å². The molecule has 100 valence electrons. The summed E-state index contributed by atoms with van der Waals surface area (Å²) in [6, 6.07) is 7.11. The SMILES string of the molecule is Cc1nn(C)c(C)c1Oc1ccccc1C(N)=NO. The van der Waals surface area contributed by atoms with Gasteiger partial charge in [-0.25, -0.2) is 0 Å². The predicted molar refractivity (Wildman–Crippen MR) is 71.7 cm³/mol. The molecule has 0 aliphatic carbocycles. The minimum absolute atomic E-state index is 0.00907. The van der Waals surface area contributed by atoms with E-state index < -0.39 is 0 Å². The van der Waals surface area contributed by atoms with Crippen molar-refractivity contribution in [2.75, 3.05) is 0 Å². The van der Waals surface area contributed by atoms with Gasteiger partial charge in [0.05, 0.1) is 11.3 Å². The first-order valence-corrected chi connectivity index (χ1v) is 5.79. The molecular formula is C13H16N4O2. The van der Waals surface area contributed by atoms with E-state index >= 15 is 0 Å². The van der Waals surface area contributed by atoms with Crippen molar-refractivity contribution in [1.29, 1.82) is 0 Å². The topological polar surface area (TPSA) is 85.7 Å². The lowest BCUT2D eigenvalue weighted by Gasteiger charge is -2.10. The molecule has 0 aliphatic heterocycles. The third-order valence-corrected chi connectivity index (χ3v) is 2.93. The highest BCUT2D eigenvalue weighted by molar-refractivity contribution is 5.99. The Morgan fingerprint density at radius 1 is 1.37 bits per heavy atom. The van der Waals surface area contributed by atoms with Gasteiger partial charge in [0.2, 0.25) is 0 Å². The summed E-state index contributed by atoms with van der Waals surface area (Å²) in [6.07, 6.45) is 0. The molecule has 0 saturated carbocycles. The van der Waals surface area contributed by atoms with Crippen LogP contribution in [0.25, 0.3) is 0 Å². The Morgan fingerprint density at radius 3 is 2.63 bits per heavy atom. The van der Waals surface area contributed by atoms with Crippen LogP contribution < -0.4 is 10.5 Å². The Bertz CT molecular complexity index is 632. The van der Waals surface area contributed by atoms with E-state index in [1.165, 1.54) is 0 Å². The molecule has 2 aromatic rings. The molecule has 1 aromatic carbocycles. The van der Waals surface area contributed by atoms with Crippen LogP contribution in [0.5, 0.6) is 11.5 Å². The molecule has 6 nitrogen and oxygen atoms in total. The number of rotatable bonds is 3. The van der Waals surface area contributed by atoms with E-state index in [1.54, 1.807) is 22.9 Å². The van der Waals surface area contributed by atoms with Gasteiger partial charge in [0.15, 0.2) is 11.6 Å². The van der Waals surface area contributed by atoms with Crippen LogP contribution in [-0.4, -0.2) is 20.8 Å². The molecule has 0 atom stereocenters. The van der Waals surface area contributed by atoms with E-state index in [1.807, 2.05) is 27.0 Å². The number of aromatic nitrogens is 2. The van der Waals surface area contributed by atoms with Gasteiger partial charge in [0.1, 0.15) is 11.4 Å². The molecule has 1 aromatic heterocycles. The Labute approximate surface area is 111 Å². The maximum absolute atomic E-state index is 8.78. The maximum Gasteiger partial charge on any atom is 0.173 e. The fourth-order valence-corrected chi connectivity index (χ4v) is 1.83. The number of hydrogen-bond acceptors (Lipinski definition) is 4. The molecular weight excluding hydrogens is 244 g/mol. The van der Waals surface area contributed by atoms with Crippen molar-refractivity contribution >= 4 is 5.84 Å². The summed E-state index contributed by atoms with van der Waals surface area (Å²) < 4.78 is 7.61. The fourth-order valence-electron chi connectivity index (χ4n) is 1.83. The van der Waals surface area contributed by atoms with E-state index in [-0.39, 0.29) is 5.84 Å². The van der Waals surface area contributed by atoms with Crippen molar-refractivity contribution in [3.8, 4) is 11.5 Å². The summed E-state index contributed by atoms with van der Waals surface area (Å²) in [5, 5.41) is 16.1. The third kappa shape index (κ3) is 2.37. The van der Waals surface area contributed by atoms with Gasteiger partial charge in [-0.3, -0.25) is 4.68 Å². The second-order valence-corrected chi connectivity index (χ2v) is 4.21. The maximum atomic E-state index is 8.78. The molecule has 19 heavy (non-hydrogen) atoms. The van der Waals surface area contributed by atoms with Gasteiger partial charge in [-0.2, -0.15) is 5.10 Å². The Morgan fingerprint density at radius 2 is 2.05 bits per heavy atom. The minimum atomic E-state index is 0.00907. The zero-order chi connectivity index (χ0) is 14.0. The molecule has 0 unspecified atom stereocenters. The van der Waals surface area contributed by atoms with E-state index in [4.69, 9.17) is 15.7 Å². The first-order chi connectivity index (χ1) is 9.04. The second-order valence-electron chi connectivity index (χ2n) is 4.21. The van der Waals surface area contributed by atoms with Gasteiger partial charge in [-0.05, 0) is 26.0 Å². The summed E-state index contributed by atoms with van der Waals surface area (Å²) in [6.45, 7) is 3.79. The van der Waals surface area contributed by atoms with Crippen LogP contribution in [0, 0.1) is 13.8 Å². The van der Waals surface area contributed by atoms with Crippen molar-refractivity contribution in [2.24, 2.45) is 17.9 Å². The summed E-state index contributed by atoms with van der Waals surface area (Å²) >= 11 is 0. The van der Waals surface area contributed by atoms with E-state index in [0.29, 0.717) is 17.1 Å². The molecule has 0 saturated heterocycles. The Kier molecular flexibility index (Phi) is 3.41. The van der Waals surface area contributed by atoms with Gasteiger partial charge in [-0.15, -0.1) is 0 Å². The summed E-state index contributed by atoms with van der Waals surface area (Å²) in [7, 11) is 1.85. The summed E-state index contributed by atoms with van der Waals surface area (Å²) in [5.41, 5.74) is 7.86. The molecule has 0 amide bonds. The summed E-state index contributed by atoms with van der Waals surface area (Å²) in [4.78, 5) is 0. The first kappa shape index (κ1) is 12.9. The van der Waals surface area contributed by atoms with Crippen LogP contribution in [0.4, 0.5) is 0 Å². The number of oxime groups is 1. The highest BCUT2D eigenvalue weighted by Gasteiger charge is 2.14. The van der Waals surface area contributed by atoms with Crippen molar-refractivity contribution in [3.63, 3.8) is 0 Å². The van der Waals surface area contributed by atoms with Crippen LogP contribution in [0.1, 0.15) is 17.0 Å². The zero-order valence-electron chi connectivity index (χ0n) is 11.1. The molecule has 3 N–H and O–H groups in total. The molecule has 0 fully saturated rings. The quantitative estimate of drug-likeness (QED) is 0.382. The number of amidine groups is 1. The summed E-state index contributed by atoms with van der Waals surface area (Å²) in [5.74, 6) is 1.22. The molecule has 0 aliphatic rings. The van der Waals surface area contributed by atoms with Crippen LogP contribution in [0.15, 0.2) is 29.4 Å². The average Bonchev–Trinajstić information content (AvgIpc) is 2.65. The number of hydrogen-bond donors (Lipinski definition) is 2. The highest BCUT2D eigenvalue weighted by atomic mass is 16.5. The second kappa shape index (κ2) is 5.01. The highest BCUT2D eigenvalue weighted by Crippen LogP contribution is 2.30. The fraction of sp³-hybridized carbons (Fsp3) is 0.231. The predicted octanol–water partition coefficient (Wildman–Crippen LogP) is 1.92. The third-order valence-electron chi connectivity index (χ3n) is 2.93. The number of ether oxygens (including phenoxy) is 1. The molecule has 1 heterocycles. The number of aryl methyl sites for hydroxylation is 2. The molecule has 6 heteroatoms. The Balaban J connectivity index is 2.44. The monoisotopic (exact) mass is 260 g/mol. The van der Waals surface area contributed by atoms with Crippen LogP contribution in [0.2, 0.25) is 0 Å². The molecule has 0 radical (unpaired) electrons. The molecule has 0 bridgehead atoms. The lowest BCUT2D eigenvalue weighted by molar-refractivity contribution is 0.318. The number of nitrogens with zero attached hydrogens (tertiary/aromatic N) is 3. The van der Waals surface area contributed by atoms with Gasteiger partial charge < -0.3 is 15.7 Å². The molecule has 0 spiro atoms. The van der Waals surface area contributed by atoms with Crippen LogP contribution >= 0.6 is 0 Å². The largest absolute Gasteiger partial charge is 0.453 e. The number of nitrogens with two attached hydrogens (primary N) is 1. The first-order valence-electron chi connectivity index (χ1n) is 5.79. The normalized spacial score (nSPS) is 11.6. The van der Waals surface area contributed by atoms with Crippen molar-refractivity contribution in [3.05, 3.63) is 41.2 Å². The van der Waals surface area contributed by atoms with Gasteiger partial charge >= 0.3 is 0 Å². The van der Waals surface area contributed by atoms with Gasteiger partial charge in [0, 0.05) is 7.05 Å². The van der Waals surface area contributed by atoms with Gasteiger partial charge in [0.25, 0.3) is 0 Å². The lowest BCUT2D eigenvalue weighted by Crippen LogP contribution is -2.14. The minimum Gasteiger partial charge on any atom is -0.453 e. The Hall–Kier alpha value is -2.50. The zero-order valence-corrected chi connectivity index (χ0v) is 11.1. The van der Waals surface area contributed by atoms with E-state index in [9.17, 15) is 0 Å². The van der Waals surface area contributed by atoms with Crippen LogP contribution in [-0.2, 0) is 7.05 Å². The van der Waals surface area contributed by atoms with E-state index in [2.05, 4.69) is 10.3 Å². The van der Waals surface area contributed by atoms with Crippen LogP contribution in [0.3, 0.4) is 0 Å². The smallest absolute Gasteiger partial charge is 0.173 e. The van der Waals surface area contributed by atoms with Crippen molar-refractivity contribution in [2.45, 2.75) is 13.8 Å². The van der Waals surface area contributed by atoms with E-state index in [0.717, 1.165) is 11.4 Å². The lowest BCUT2D eigenvalue weighted by atomic mass is 10.2. The van der Waals surface area contributed by atoms with Crippen molar-refractivity contribution < 1.29 is 9.94 Å². The molecule has 2 rings (SSSR count). The van der Waals surface area contributed by atoms with Gasteiger partial charge in [-0.1, -0.05) is 17.3 Å². The number of para-hydroxylation sites is 1. The average molecular weight is 260 g/mol. The number of benzene rings is 1.